The zero-order valence-electron chi connectivity index (χ0n) is 14.3. The Bertz CT molecular complexity index is 992. The van der Waals surface area contributed by atoms with Crippen LogP contribution in [0.25, 0.3) is 11.1 Å². The highest BCUT2D eigenvalue weighted by atomic mass is 35.5. The van der Waals surface area contributed by atoms with Gasteiger partial charge >= 0.3 is 5.97 Å². The molecular formula is C20H15ClN2O4. The quantitative estimate of drug-likeness (QED) is 0.665. The zero-order chi connectivity index (χ0) is 19.4. The van der Waals surface area contributed by atoms with E-state index < -0.39 is 11.9 Å². The Balaban J connectivity index is 2.01. The fraction of sp³-hybridized carbons (Fsp3) is 0.0500. The number of carboxylic acids is 1. The summed E-state index contributed by atoms with van der Waals surface area (Å²) in [4.78, 5) is 33.3. The standard InChI is InChI=1S/C20H15ClN2O4/c1-27-23(16-6-3-9-22-12-16)19(24)14-7-8-18(21)17(11-14)13-4-2-5-15(10-13)20(25)26/h2-12H,1H3,(H,25,26). The average molecular weight is 383 g/mol. The lowest BCUT2D eigenvalue weighted by molar-refractivity contribution is 0.0696. The molecule has 3 rings (SSSR count). The number of rotatable bonds is 5. The van der Waals surface area contributed by atoms with Gasteiger partial charge in [0.05, 0.1) is 24.6 Å². The molecule has 0 saturated heterocycles. The molecule has 0 bridgehead atoms. The Morgan fingerprint density at radius 2 is 1.89 bits per heavy atom. The number of anilines is 1. The van der Waals surface area contributed by atoms with Crippen LogP contribution in [0.2, 0.25) is 5.02 Å². The molecule has 1 amide bonds. The number of aromatic nitrogens is 1. The Morgan fingerprint density at radius 3 is 2.56 bits per heavy atom. The van der Waals surface area contributed by atoms with Crippen molar-refractivity contribution in [1.82, 2.24) is 4.98 Å². The Hall–Kier alpha value is -3.22. The van der Waals surface area contributed by atoms with Gasteiger partial charge < -0.3 is 5.11 Å². The summed E-state index contributed by atoms with van der Waals surface area (Å²) in [6, 6.07) is 14.5. The monoisotopic (exact) mass is 382 g/mol. The largest absolute Gasteiger partial charge is 0.478 e. The minimum absolute atomic E-state index is 0.133. The van der Waals surface area contributed by atoms with Crippen LogP contribution in [0.15, 0.2) is 67.0 Å². The molecule has 0 atom stereocenters. The Kier molecular flexibility index (Phi) is 5.49. The first-order valence-corrected chi connectivity index (χ1v) is 8.31. The van der Waals surface area contributed by atoms with Crippen LogP contribution in [-0.4, -0.2) is 29.1 Å². The fourth-order valence-corrected chi connectivity index (χ4v) is 2.82. The molecule has 0 radical (unpaired) electrons. The predicted molar refractivity (Wildman–Crippen MR) is 102 cm³/mol. The van der Waals surface area contributed by atoms with E-state index in [-0.39, 0.29) is 5.56 Å². The number of amides is 1. The normalized spacial score (nSPS) is 10.4. The molecule has 0 spiro atoms. The number of pyridine rings is 1. The molecule has 3 aromatic rings. The molecule has 0 saturated carbocycles. The number of carbonyl (C=O) groups is 2. The van der Waals surface area contributed by atoms with E-state index in [4.69, 9.17) is 16.4 Å². The van der Waals surface area contributed by atoms with Crippen molar-refractivity contribution >= 4 is 29.2 Å². The summed E-state index contributed by atoms with van der Waals surface area (Å²) in [5, 5.41) is 10.7. The molecule has 0 aliphatic carbocycles. The summed E-state index contributed by atoms with van der Waals surface area (Å²) < 4.78 is 0. The number of carboxylic acid groups (broad SMARTS) is 1. The Morgan fingerprint density at radius 1 is 1.07 bits per heavy atom. The molecule has 7 heteroatoms. The molecule has 0 unspecified atom stereocenters. The highest BCUT2D eigenvalue weighted by molar-refractivity contribution is 6.33. The van der Waals surface area contributed by atoms with Gasteiger partial charge in [-0.3, -0.25) is 14.6 Å². The highest BCUT2D eigenvalue weighted by Gasteiger charge is 2.19. The molecule has 2 aromatic carbocycles. The van der Waals surface area contributed by atoms with Gasteiger partial charge in [0.2, 0.25) is 0 Å². The third kappa shape index (κ3) is 3.97. The molecular weight excluding hydrogens is 368 g/mol. The topological polar surface area (TPSA) is 79.7 Å². The van der Waals surface area contributed by atoms with Crippen LogP contribution in [0.1, 0.15) is 20.7 Å². The van der Waals surface area contributed by atoms with E-state index in [1.807, 2.05) is 0 Å². The van der Waals surface area contributed by atoms with Crippen molar-refractivity contribution in [3.8, 4) is 11.1 Å². The first-order valence-electron chi connectivity index (χ1n) is 7.93. The van der Waals surface area contributed by atoms with Crippen LogP contribution in [0.5, 0.6) is 0 Å². The van der Waals surface area contributed by atoms with Crippen LogP contribution in [0, 0.1) is 0 Å². The number of carbonyl (C=O) groups excluding carboxylic acids is 1. The lowest BCUT2D eigenvalue weighted by Gasteiger charge is -2.19. The minimum atomic E-state index is -1.04. The molecule has 6 nitrogen and oxygen atoms in total. The molecule has 27 heavy (non-hydrogen) atoms. The maximum absolute atomic E-state index is 12.9. The van der Waals surface area contributed by atoms with E-state index in [1.54, 1.807) is 48.7 Å². The van der Waals surface area contributed by atoms with Gasteiger partial charge in [0.15, 0.2) is 0 Å². The summed E-state index contributed by atoms with van der Waals surface area (Å²) in [6.45, 7) is 0. The van der Waals surface area contributed by atoms with Crippen molar-refractivity contribution in [2.75, 3.05) is 12.2 Å². The summed E-state index contributed by atoms with van der Waals surface area (Å²) in [5.74, 6) is -1.44. The van der Waals surface area contributed by atoms with Gasteiger partial charge in [-0.25, -0.2) is 4.79 Å². The smallest absolute Gasteiger partial charge is 0.335 e. The molecule has 1 heterocycles. The van der Waals surface area contributed by atoms with Crippen molar-refractivity contribution in [1.29, 1.82) is 0 Å². The van der Waals surface area contributed by atoms with Gasteiger partial charge in [-0.05, 0) is 48.0 Å². The van der Waals surface area contributed by atoms with Crippen LogP contribution in [0.4, 0.5) is 5.69 Å². The molecule has 136 valence electrons. The second kappa shape index (κ2) is 7.99. The predicted octanol–water partition coefficient (Wildman–Crippen LogP) is 4.31. The fourth-order valence-electron chi connectivity index (χ4n) is 2.60. The lowest BCUT2D eigenvalue weighted by Crippen LogP contribution is -2.29. The van der Waals surface area contributed by atoms with Crippen LogP contribution in [-0.2, 0) is 4.84 Å². The van der Waals surface area contributed by atoms with E-state index in [0.717, 1.165) is 5.06 Å². The van der Waals surface area contributed by atoms with E-state index >= 15 is 0 Å². The number of halogens is 1. The van der Waals surface area contributed by atoms with Crippen LogP contribution in [0.3, 0.4) is 0 Å². The van der Waals surface area contributed by atoms with Gasteiger partial charge in [0, 0.05) is 22.3 Å². The van der Waals surface area contributed by atoms with Gasteiger partial charge in [-0.1, -0.05) is 23.7 Å². The zero-order valence-corrected chi connectivity index (χ0v) is 15.1. The first-order chi connectivity index (χ1) is 13.0. The number of aromatic carboxylic acids is 1. The minimum Gasteiger partial charge on any atom is -0.478 e. The maximum Gasteiger partial charge on any atom is 0.335 e. The number of hydroxylamine groups is 1. The SMILES string of the molecule is CON(C(=O)c1ccc(Cl)c(-c2cccc(C(=O)O)c2)c1)c1cccnc1. The number of hydrogen-bond acceptors (Lipinski definition) is 4. The summed E-state index contributed by atoms with van der Waals surface area (Å²) in [6.07, 6.45) is 3.10. The average Bonchev–Trinajstić information content (AvgIpc) is 2.69. The third-order valence-corrected chi connectivity index (χ3v) is 4.21. The van der Waals surface area contributed by atoms with E-state index in [9.17, 15) is 14.7 Å². The maximum atomic E-state index is 12.9. The van der Waals surface area contributed by atoms with Crippen molar-refractivity contribution < 1.29 is 19.5 Å². The van der Waals surface area contributed by atoms with Gasteiger partial charge in [0.25, 0.3) is 5.91 Å². The summed E-state index contributed by atoms with van der Waals surface area (Å²) >= 11 is 6.28. The van der Waals surface area contributed by atoms with Crippen molar-refractivity contribution in [2.24, 2.45) is 0 Å². The van der Waals surface area contributed by atoms with Crippen molar-refractivity contribution in [3.05, 3.63) is 83.1 Å². The number of hydrogen-bond donors (Lipinski definition) is 1. The van der Waals surface area contributed by atoms with Gasteiger partial charge in [-0.15, -0.1) is 0 Å². The third-order valence-electron chi connectivity index (χ3n) is 3.88. The van der Waals surface area contributed by atoms with E-state index in [2.05, 4.69) is 4.98 Å². The second-order valence-electron chi connectivity index (χ2n) is 5.57. The lowest BCUT2D eigenvalue weighted by atomic mass is 10.0. The summed E-state index contributed by atoms with van der Waals surface area (Å²) in [7, 11) is 1.39. The number of nitrogens with zero attached hydrogens (tertiary/aromatic N) is 2. The number of benzene rings is 2. The molecule has 0 fully saturated rings. The van der Waals surface area contributed by atoms with E-state index in [0.29, 0.717) is 27.4 Å². The second-order valence-corrected chi connectivity index (χ2v) is 5.98. The van der Waals surface area contributed by atoms with Crippen LogP contribution >= 0.6 is 11.6 Å². The van der Waals surface area contributed by atoms with Gasteiger partial charge in [-0.2, -0.15) is 5.06 Å². The summed E-state index contributed by atoms with van der Waals surface area (Å²) in [5.41, 5.74) is 2.09. The molecule has 1 aromatic heterocycles. The molecule has 0 aliphatic rings. The Labute approximate surface area is 160 Å². The van der Waals surface area contributed by atoms with Crippen LogP contribution < -0.4 is 5.06 Å². The van der Waals surface area contributed by atoms with E-state index in [1.165, 1.54) is 25.4 Å². The highest BCUT2D eigenvalue weighted by Crippen LogP contribution is 2.30. The molecule has 1 N–H and O–H groups in total. The molecule has 0 aliphatic heterocycles. The van der Waals surface area contributed by atoms with Crippen molar-refractivity contribution in [2.45, 2.75) is 0 Å². The van der Waals surface area contributed by atoms with Crippen molar-refractivity contribution in [3.63, 3.8) is 0 Å². The first kappa shape index (κ1) is 18.6. The van der Waals surface area contributed by atoms with Gasteiger partial charge in [0.1, 0.15) is 0 Å².